The molecular weight excluding hydrogens is 222 g/mol. The zero-order valence-electron chi connectivity index (χ0n) is 12.0. The number of rotatable bonds is 5. The predicted molar refractivity (Wildman–Crippen MR) is 76.2 cm³/mol. The number of benzene rings is 1. The molecule has 1 N–H and O–H groups in total. The van der Waals surface area contributed by atoms with Crippen LogP contribution in [0.4, 0.5) is 0 Å². The average molecular weight is 247 g/mol. The number of para-hydroxylation sites is 1. The van der Waals surface area contributed by atoms with Gasteiger partial charge in [-0.05, 0) is 42.9 Å². The maximum absolute atomic E-state index is 6.06. The Labute approximate surface area is 111 Å². The molecule has 1 atom stereocenters. The lowest BCUT2D eigenvalue weighted by Crippen LogP contribution is -2.34. The molecule has 0 aromatic heterocycles. The molecular formula is C16H25NO. The summed E-state index contributed by atoms with van der Waals surface area (Å²) < 4.78 is 6.06. The normalized spacial score (nSPS) is 17.6. The Bertz CT molecular complexity index is 390. The molecule has 1 aliphatic rings. The maximum Gasteiger partial charge on any atom is 0.123 e. The van der Waals surface area contributed by atoms with Gasteiger partial charge in [-0.25, -0.2) is 0 Å². The van der Waals surface area contributed by atoms with Crippen LogP contribution < -0.4 is 10.1 Å². The van der Waals surface area contributed by atoms with Crippen LogP contribution in [0.2, 0.25) is 0 Å². The highest BCUT2D eigenvalue weighted by Gasteiger charge is 2.30. The van der Waals surface area contributed by atoms with E-state index in [-0.39, 0.29) is 5.41 Å². The van der Waals surface area contributed by atoms with E-state index in [1.807, 2.05) is 7.05 Å². The van der Waals surface area contributed by atoms with Gasteiger partial charge < -0.3 is 10.1 Å². The van der Waals surface area contributed by atoms with Crippen LogP contribution >= 0.6 is 0 Å². The first-order chi connectivity index (χ1) is 8.52. The van der Waals surface area contributed by atoms with Crippen molar-refractivity contribution in [3.8, 4) is 5.75 Å². The highest BCUT2D eigenvalue weighted by Crippen LogP contribution is 2.34. The van der Waals surface area contributed by atoms with E-state index in [4.69, 9.17) is 4.74 Å². The molecule has 0 heterocycles. The largest absolute Gasteiger partial charge is 0.492 e. The highest BCUT2D eigenvalue weighted by atomic mass is 16.5. The number of hydrogen-bond donors (Lipinski definition) is 1. The molecule has 0 aliphatic heterocycles. The van der Waals surface area contributed by atoms with Crippen molar-refractivity contribution < 1.29 is 4.74 Å². The lowest BCUT2D eigenvalue weighted by Gasteiger charge is -2.24. The zero-order chi connectivity index (χ0) is 13.2. The summed E-state index contributed by atoms with van der Waals surface area (Å²) in [6.07, 6.45) is 2.69. The van der Waals surface area contributed by atoms with E-state index >= 15 is 0 Å². The molecule has 0 bridgehead atoms. The Morgan fingerprint density at radius 1 is 1.28 bits per heavy atom. The zero-order valence-corrected chi connectivity index (χ0v) is 12.0. The van der Waals surface area contributed by atoms with Crippen LogP contribution in [0.15, 0.2) is 24.3 Å². The van der Waals surface area contributed by atoms with Crippen LogP contribution in [0.5, 0.6) is 5.75 Å². The fraction of sp³-hybridized carbons (Fsp3) is 0.625. The first-order valence-corrected chi connectivity index (χ1v) is 6.92. The third kappa shape index (κ3) is 3.26. The molecule has 1 fully saturated rings. The fourth-order valence-corrected chi connectivity index (χ4v) is 2.35. The first kappa shape index (κ1) is 13.4. The molecule has 100 valence electrons. The van der Waals surface area contributed by atoms with Crippen LogP contribution in [-0.2, 0) is 5.41 Å². The molecule has 1 aromatic carbocycles. The minimum Gasteiger partial charge on any atom is -0.492 e. The van der Waals surface area contributed by atoms with E-state index < -0.39 is 0 Å². The summed E-state index contributed by atoms with van der Waals surface area (Å²) >= 11 is 0. The molecule has 1 aromatic rings. The van der Waals surface area contributed by atoms with Crippen molar-refractivity contribution in [2.24, 2.45) is 5.92 Å². The molecule has 0 radical (unpaired) electrons. The van der Waals surface area contributed by atoms with Crippen molar-refractivity contribution in [2.75, 3.05) is 13.7 Å². The van der Waals surface area contributed by atoms with Gasteiger partial charge in [0.2, 0.25) is 0 Å². The van der Waals surface area contributed by atoms with Gasteiger partial charge in [-0.2, -0.15) is 0 Å². The van der Waals surface area contributed by atoms with Crippen molar-refractivity contribution >= 4 is 0 Å². The van der Waals surface area contributed by atoms with Crippen LogP contribution in [0.25, 0.3) is 0 Å². The summed E-state index contributed by atoms with van der Waals surface area (Å²) in [4.78, 5) is 0. The molecule has 18 heavy (non-hydrogen) atoms. The standard InChI is InChI=1S/C16H25NO/c1-16(2,3)13-7-5-6-8-15(13)18-11-14(17-4)12-9-10-12/h5-8,12,14,17H,9-11H2,1-4H3. The Morgan fingerprint density at radius 3 is 2.50 bits per heavy atom. The van der Waals surface area contributed by atoms with Crippen molar-refractivity contribution in [3.63, 3.8) is 0 Å². The molecule has 0 spiro atoms. The molecule has 0 saturated heterocycles. The monoisotopic (exact) mass is 247 g/mol. The Hall–Kier alpha value is -1.02. The minimum absolute atomic E-state index is 0.130. The van der Waals surface area contributed by atoms with Gasteiger partial charge in [-0.15, -0.1) is 0 Å². The Morgan fingerprint density at radius 2 is 1.94 bits per heavy atom. The Kier molecular flexibility index (Phi) is 3.96. The predicted octanol–water partition coefficient (Wildman–Crippen LogP) is 3.36. The fourth-order valence-electron chi connectivity index (χ4n) is 2.35. The third-order valence-electron chi connectivity index (χ3n) is 3.68. The number of hydrogen-bond acceptors (Lipinski definition) is 2. The first-order valence-electron chi connectivity index (χ1n) is 6.92. The smallest absolute Gasteiger partial charge is 0.123 e. The van der Waals surface area contributed by atoms with Gasteiger partial charge in [-0.1, -0.05) is 39.0 Å². The third-order valence-corrected chi connectivity index (χ3v) is 3.68. The molecule has 2 rings (SSSR count). The van der Waals surface area contributed by atoms with Crippen LogP contribution in [-0.4, -0.2) is 19.7 Å². The van der Waals surface area contributed by atoms with E-state index in [2.05, 4.69) is 50.4 Å². The summed E-state index contributed by atoms with van der Waals surface area (Å²) in [6.45, 7) is 7.46. The summed E-state index contributed by atoms with van der Waals surface area (Å²) in [5, 5.41) is 3.37. The second-order valence-corrected chi connectivity index (χ2v) is 6.29. The van der Waals surface area contributed by atoms with E-state index in [9.17, 15) is 0 Å². The molecule has 2 heteroatoms. The summed E-state index contributed by atoms with van der Waals surface area (Å²) in [5.74, 6) is 1.85. The van der Waals surface area contributed by atoms with Gasteiger partial charge in [0, 0.05) is 6.04 Å². The van der Waals surface area contributed by atoms with Gasteiger partial charge in [0.15, 0.2) is 0 Å². The van der Waals surface area contributed by atoms with Crippen molar-refractivity contribution in [1.82, 2.24) is 5.32 Å². The lowest BCUT2D eigenvalue weighted by atomic mass is 9.86. The molecule has 1 saturated carbocycles. The van der Waals surface area contributed by atoms with E-state index in [0.717, 1.165) is 18.3 Å². The van der Waals surface area contributed by atoms with Crippen molar-refractivity contribution in [2.45, 2.75) is 45.1 Å². The number of ether oxygens (including phenoxy) is 1. The van der Waals surface area contributed by atoms with E-state index in [1.165, 1.54) is 18.4 Å². The van der Waals surface area contributed by atoms with Gasteiger partial charge in [-0.3, -0.25) is 0 Å². The Balaban J connectivity index is 2.04. The topological polar surface area (TPSA) is 21.3 Å². The number of likely N-dealkylation sites (N-methyl/N-ethyl adjacent to an activating group) is 1. The van der Waals surface area contributed by atoms with Crippen LogP contribution in [0, 0.1) is 5.92 Å². The highest BCUT2D eigenvalue weighted by molar-refractivity contribution is 5.38. The average Bonchev–Trinajstić information content (AvgIpc) is 3.13. The summed E-state index contributed by atoms with van der Waals surface area (Å²) in [5.41, 5.74) is 1.42. The quantitative estimate of drug-likeness (QED) is 0.861. The lowest BCUT2D eigenvalue weighted by molar-refractivity contribution is 0.251. The van der Waals surface area contributed by atoms with Crippen LogP contribution in [0.1, 0.15) is 39.2 Å². The van der Waals surface area contributed by atoms with Crippen molar-refractivity contribution in [1.29, 1.82) is 0 Å². The number of nitrogens with one attached hydrogen (secondary N) is 1. The SMILES string of the molecule is CNC(COc1ccccc1C(C)(C)C)C1CC1. The molecule has 1 unspecified atom stereocenters. The maximum atomic E-state index is 6.06. The molecule has 1 aliphatic carbocycles. The van der Waals surface area contributed by atoms with Crippen LogP contribution in [0.3, 0.4) is 0 Å². The summed E-state index contributed by atoms with van der Waals surface area (Å²) in [6, 6.07) is 8.89. The van der Waals surface area contributed by atoms with E-state index in [0.29, 0.717) is 6.04 Å². The molecule has 0 amide bonds. The minimum atomic E-state index is 0.130. The second kappa shape index (κ2) is 5.31. The van der Waals surface area contributed by atoms with Crippen molar-refractivity contribution in [3.05, 3.63) is 29.8 Å². The van der Waals surface area contributed by atoms with Gasteiger partial charge in [0.1, 0.15) is 12.4 Å². The van der Waals surface area contributed by atoms with Gasteiger partial charge in [0.25, 0.3) is 0 Å². The summed E-state index contributed by atoms with van der Waals surface area (Å²) in [7, 11) is 2.03. The van der Waals surface area contributed by atoms with E-state index in [1.54, 1.807) is 0 Å². The van der Waals surface area contributed by atoms with Gasteiger partial charge in [0.05, 0.1) is 0 Å². The second-order valence-electron chi connectivity index (χ2n) is 6.29. The molecule has 2 nitrogen and oxygen atoms in total. The van der Waals surface area contributed by atoms with Gasteiger partial charge >= 0.3 is 0 Å².